The fourth-order valence-electron chi connectivity index (χ4n) is 3.16. The van der Waals surface area contributed by atoms with Gasteiger partial charge in [0.1, 0.15) is 12.0 Å². The van der Waals surface area contributed by atoms with Crippen LogP contribution in [-0.2, 0) is 18.0 Å². The van der Waals surface area contributed by atoms with Crippen LogP contribution in [0.3, 0.4) is 0 Å². The third-order valence-corrected chi connectivity index (χ3v) is 5.21. The van der Waals surface area contributed by atoms with E-state index in [4.69, 9.17) is 15.0 Å². The van der Waals surface area contributed by atoms with Gasteiger partial charge in [-0.2, -0.15) is 5.10 Å². The molecule has 4 rings (SSSR count). The van der Waals surface area contributed by atoms with Crippen molar-refractivity contribution in [1.29, 1.82) is 0 Å². The normalized spacial score (nSPS) is 11.6. The summed E-state index contributed by atoms with van der Waals surface area (Å²) in [5.74, 6) is 0.826. The maximum Gasteiger partial charge on any atom is 0.226 e. The number of aryl methyl sites for hydroxylation is 2. The van der Waals surface area contributed by atoms with E-state index in [1.807, 2.05) is 67.1 Å². The standard InChI is InChI=1S/C23H22BrN5O2/c1-15-10-16(2)29(27-15)12-17-4-3-5-19(11-17)22(25)28-31-14-21-13-30-23(26-21)18-6-8-20(24)9-7-18/h3-11,13H,12,14H2,1-2H3,(H2,25,28). The van der Waals surface area contributed by atoms with E-state index in [-0.39, 0.29) is 6.61 Å². The van der Waals surface area contributed by atoms with Gasteiger partial charge < -0.3 is 15.0 Å². The summed E-state index contributed by atoms with van der Waals surface area (Å²) >= 11 is 3.41. The van der Waals surface area contributed by atoms with Gasteiger partial charge in [-0.3, -0.25) is 4.68 Å². The zero-order chi connectivity index (χ0) is 21.8. The van der Waals surface area contributed by atoms with Crippen LogP contribution in [0, 0.1) is 13.8 Å². The molecule has 0 saturated heterocycles. The first-order valence-electron chi connectivity index (χ1n) is 9.74. The van der Waals surface area contributed by atoms with Crippen LogP contribution in [0.2, 0.25) is 0 Å². The predicted molar refractivity (Wildman–Crippen MR) is 122 cm³/mol. The van der Waals surface area contributed by atoms with Crippen molar-refractivity contribution in [1.82, 2.24) is 14.8 Å². The molecule has 0 atom stereocenters. The molecule has 2 aromatic heterocycles. The highest BCUT2D eigenvalue weighted by Gasteiger charge is 2.08. The fourth-order valence-corrected chi connectivity index (χ4v) is 3.42. The number of hydrogen-bond acceptors (Lipinski definition) is 5. The summed E-state index contributed by atoms with van der Waals surface area (Å²) in [6.45, 7) is 4.85. The number of oxime groups is 1. The summed E-state index contributed by atoms with van der Waals surface area (Å²) in [5, 5.41) is 8.54. The number of oxazole rings is 1. The number of aromatic nitrogens is 3. The molecule has 31 heavy (non-hydrogen) atoms. The van der Waals surface area contributed by atoms with Crippen LogP contribution < -0.4 is 5.73 Å². The first kappa shape index (κ1) is 20.9. The average Bonchev–Trinajstić information content (AvgIpc) is 3.35. The Balaban J connectivity index is 1.39. The highest BCUT2D eigenvalue weighted by Crippen LogP contribution is 2.21. The Bertz CT molecular complexity index is 1210. The topological polar surface area (TPSA) is 91.5 Å². The van der Waals surface area contributed by atoms with Gasteiger partial charge in [0.2, 0.25) is 5.89 Å². The first-order chi connectivity index (χ1) is 15.0. The summed E-state index contributed by atoms with van der Waals surface area (Å²) in [4.78, 5) is 9.82. The summed E-state index contributed by atoms with van der Waals surface area (Å²) < 4.78 is 8.48. The zero-order valence-corrected chi connectivity index (χ0v) is 18.8. The number of nitrogens with two attached hydrogens (primary N) is 1. The number of amidine groups is 1. The van der Waals surface area contributed by atoms with Gasteiger partial charge in [-0.1, -0.05) is 39.3 Å². The molecule has 8 heteroatoms. The number of benzene rings is 2. The van der Waals surface area contributed by atoms with Gasteiger partial charge in [0.05, 0.1) is 12.2 Å². The molecule has 2 heterocycles. The van der Waals surface area contributed by atoms with Crippen molar-refractivity contribution in [3.05, 3.63) is 93.5 Å². The molecule has 4 aromatic rings. The van der Waals surface area contributed by atoms with Gasteiger partial charge in [-0.25, -0.2) is 4.98 Å². The van der Waals surface area contributed by atoms with E-state index in [1.165, 1.54) is 0 Å². The Morgan fingerprint density at radius 1 is 1.16 bits per heavy atom. The number of rotatable bonds is 7. The smallest absolute Gasteiger partial charge is 0.226 e. The Labute approximate surface area is 188 Å². The van der Waals surface area contributed by atoms with E-state index in [0.717, 1.165) is 32.6 Å². The Kier molecular flexibility index (Phi) is 6.18. The average molecular weight is 480 g/mol. The van der Waals surface area contributed by atoms with Crippen LogP contribution in [0.1, 0.15) is 28.2 Å². The number of nitrogens with zero attached hydrogens (tertiary/aromatic N) is 4. The lowest BCUT2D eigenvalue weighted by Gasteiger charge is -2.07. The second-order valence-electron chi connectivity index (χ2n) is 7.19. The van der Waals surface area contributed by atoms with Crippen molar-refractivity contribution >= 4 is 21.8 Å². The zero-order valence-electron chi connectivity index (χ0n) is 17.2. The summed E-state index contributed by atoms with van der Waals surface area (Å²) in [6, 6.07) is 17.6. The van der Waals surface area contributed by atoms with Crippen LogP contribution in [-0.4, -0.2) is 20.6 Å². The molecule has 0 aliphatic heterocycles. The molecule has 0 amide bonds. The molecule has 158 valence electrons. The molecule has 0 spiro atoms. The summed E-state index contributed by atoms with van der Waals surface area (Å²) in [5.41, 5.74) is 11.6. The van der Waals surface area contributed by atoms with Gasteiger partial charge in [0.15, 0.2) is 12.4 Å². The summed E-state index contributed by atoms with van der Waals surface area (Å²) in [6.07, 6.45) is 1.55. The maximum absolute atomic E-state index is 6.12. The van der Waals surface area contributed by atoms with E-state index in [2.05, 4.69) is 37.2 Å². The number of halogens is 1. The van der Waals surface area contributed by atoms with Crippen molar-refractivity contribution in [2.24, 2.45) is 10.9 Å². The van der Waals surface area contributed by atoms with E-state index in [9.17, 15) is 0 Å². The largest absolute Gasteiger partial charge is 0.444 e. The quantitative estimate of drug-likeness (QED) is 0.233. The lowest BCUT2D eigenvalue weighted by molar-refractivity contribution is 0.127. The third kappa shape index (κ3) is 5.21. The molecule has 0 aliphatic rings. The molecule has 2 N–H and O–H groups in total. The van der Waals surface area contributed by atoms with Crippen molar-refractivity contribution in [3.8, 4) is 11.5 Å². The van der Waals surface area contributed by atoms with Crippen molar-refractivity contribution < 1.29 is 9.25 Å². The van der Waals surface area contributed by atoms with Gasteiger partial charge in [-0.05, 0) is 55.8 Å². The maximum atomic E-state index is 6.12. The molecular formula is C23H22BrN5O2. The minimum Gasteiger partial charge on any atom is -0.444 e. The minimum atomic E-state index is 0.159. The predicted octanol–water partition coefficient (Wildman–Crippen LogP) is 4.80. The fraction of sp³-hybridized carbons (Fsp3) is 0.174. The van der Waals surface area contributed by atoms with Gasteiger partial charge in [0, 0.05) is 21.3 Å². The second kappa shape index (κ2) is 9.18. The molecule has 0 fully saturated rings. The van der Waals surface area contributed by atoms with Gasteiger partial charge in [-0.15, -0.1) is 0 Å². The Hall–Kier alpha value is -3.39. The SMILES string of the molecule is Cc1cc(C)n(Cc2cccc(/C(N)=N/OCc3coc(-c4ccc(Br)cc4)n3)c2)n1. The Morgan fingerprint density at radius 2 is 1.97 bits per heavy atom. The molecule has 0 saturated carbocycles. The second-order valence-corrected chi connectivity index (χ2v) is 8.10. The molecule has 0 unspecified atom stereocenters. The molecular weight excluding hydrogens is 458 g/mol. The van der Waals surface area contributed by atoms with E-state index < -0.39 is 0 Å². The lowest BCUT2D eigenvalue weighted by Crippen LogP contribution is -2.14. The van der Waals surface area contributed by atoms with Crippen LogP contribution in [0.15, 0.2) is 74.9 Å². The van der Waals surface area contributed by atoms with Gasteiger partial charge >= 0.3 is 0 Å². The van der Waals surface area contributed by atoms with E-state index in [0.29, 0.717) is 24.0 Å². The van der Waals surface area contributed by atoms with E-state index >= 15 is 0 Å². The van der Waals surface area contributed by atoms with E-state index in [1.54, 1.807) is 6.26 Å². The van der Waals surface area contributed by atoms with Crippen LogP contribution in [0.4, 0.5) is 0 Å². The molecule has 2 aromatic carbocycles. The van der Waals surface area contributed by atoms with Crippen molar-refractivity contribution in [3.63, 3.8) is 0 Å². The summed E-state index contributed by atoms with van der Waals surface area (Å²) in [7, 11) is 0. The lowest BCUT2D eigenvalue weighted by atomic mass is 10.1. The van der Waals surface area contributed by atoms with Crippen LogP contribution in [0.25, 0.3) is 11.5 Å². The third-order valence-electron chi connectivity index (χ3n) is 4.68. The van der Waals surface area contributed by atoms with Crippen LogP contribution >= 0.6 is 15.9 Å². The highest BCUT2D eigenvalue weighted by atomic mass is 79.9. The van der Waals surface area contributed by atoms with Crippen LogP contribution in [0.5, 0.6) is 0 Å². The molecule has 7 nitrogen and oxygen atoms in total. The minimum absolute atomic E-state index is 0.159. The molecule has 0 radical (unpaired) electrons. The monoisotopic (exact) mass is 479 g/mol. The molecule has 0 bridgehead atoms. The first-order valence-corrected chi connectivity index (χ1v) is 10.5. The number of hydrogen-bond donors (Lipinski definition) is 1. The molecule has 0 aliphatic carbocycles. The van der Waals surface area contributed by atoms with Crippen molar-refractivity contribution in [2.75, 3.05) is 0 Å². The highest BCUT2D eigenvalue weighted by molar-refractivity contribution is 9.10. The van der Waals surface area contributed by atoms with Crippen molar-refractivity contribution in [2.45, 2.75) is 27.0 Å². The Morgan fingerprint density at radius 3 is 2.71 bits per heavy atom. The van der Waals surface area contributed by atoms with Gasteiger partial charge in [0.25, 0.3) is 0 Å².